The molecule has 0 heterocycles. The van der Waals surface area contributed by atoms with Gasteiger partial charge in [0, 0.05) is 39.7 Å². The Bertz CT molecular complexity index is 11.6. The van der Waals surface area contributed by atoms with Crippen molar-refractivity contribution in [2.24, 2.45) is 0 Å². The molecule has 5 heteroatoms. The SMILES string of the molecule is [BH2][Cu][SiH3].[Cr].[Nb]. The predicted octanol–water partition coefficient (Wildman–Crippen LogP) is -2.11. The minimum absolute atomic E-state index is 0. The molecule has 0 saturated carbocycles. The van der Waals surface area contributed by atoms with Crippen LogP contribution in [0.2, 0.25) is 0 Å². The van der Waals surface area contributed by atoms with Gasteiger partial charge in [0.2, 0.25) is 0 Å². The second-order valence-electron chi connectivity index (χ2n) is 0.302. The summed E-state index contributed by atoms with van der Waals surface area (Å²) in [5, 5.41) is 0. The second kappa shape index (κ2) is 16.5. The minimum Gasteiger partial charge on any atom is 0 e. The minimum atomic E-state index is 0. The maximum Gasteiger partial charge on any atom is 0 e. The van der Waals surface area contributed by atoms with E-state index in [4.69, 9.17) is 0 Å². The average Bonchev–Trinajstić information content (AvgIpc) is 0.918. The van der Waals surface area contributed by atoms with Crippen molar-refractivity contribution in [1.82, 2.24) is 0 Å². The van der Waals surface area contributed by atoms with E-state index in [-0.39, 0.29) is 39.7 Å². The van der Waals surface area contributed by atoms with Crippen LogP contribution in [0.1, 0.15) is 0 Å². The van der Waals surface area contributed by atoms with Gasteiger partial charge in [-0.15, -0.1) is 0 Å². The first-order valence-corrected chi connectivity index (χ1v) is 4.97. The summed E-state index contributed by atoms with van der Waals surface area (Å²) in [6, 6.07) is 0. The molecule has 0 aromatic rings. The molecule has 0 rings (SSSR count). The molecule has 0 aromatic heterocycles. The molecule has 1 radical (unpaired) electrons. The van der Waals surface area contributed by atoms with Crippen LogP contribution in [0.15, 0.2) is 0 Å². The molecular weight excluding hydrogens is 247 g/mol. The molecule has 0 saturated heterocycles. The molecule has 0 atom stereocenters. The molecule has 0 aliphatic heterocycles. The van der Waals surface area contributed by atoms with Crippen molar-refractivity contribution >= 4 is 15.5 Å². The van der Waals surface area contributed by atoms with E-state index < -0.39 is 0 Å². The van der Waals surface area contributed by atoms with Gasteiger partial charge in [-0.1, -0.05) is 0 Å². The van der Waals surface area contributed by atoms with E-state index in [2.05, 4.69) is 6.66 Å². The summed E-state index contributed by atoms with van der Waals surface area (Å²) < 4.78 is 0. The fourth-order valence-corrected chi connectivity index (χ4v) is 0. The van der Waals surface area contributed by atoms with E-state index in [9.17, 15) is 0 Å². The Morgan fingerprint density at radius 3 is 1.60 bits per heavy atom. The summed E-state index contributed by atoms with van der Waals surface area (Å²) in [7, 11) is 1.28. The summed E-state index contributed by atoms with van der Waals surface area (Å²) >= 11 is 1.95. The summed E-state index contributed by atoms with van der Waals surface area (Å²) in [6.45, 7) is 2.09. The normalized spacial score (nSPS) is 4.80. The molecule has 0 bridgehead atoms. The van der Waals surface area contributed by atoms with Crippen LogP contribution in [0.3, 0.4) is 0 Å². The molecule has 0 fully saturated rings. The zero-order valence-corrected chi connectivity index (χ0v) is 9.57. The van der Waals surface area contributed by atoms with Crippen LogP contribution in [-0.2, 0) is 53.9 Å². The fraction of sp³-hybridized carbons (Fsp3) is 0. The summed E-state index contributed by atoms with van der Waals surface area (Å²) in [5.74, 6) is 0. The van der Waals surface area contributed by atoms with Gasteiger partial charge in [-0.25, -0.2) is 0 Å². The van der Waals surface area contributed by atoms with Gasteiger partial charge < -0.3 is 0 Å². The van der Waals surface area contributed by atoms with Gasteiger partial charge >= 0.3 is 29.7 Å². The Kier molecular flexibility index (Phi) is 52.0. The number of hydrogen-bond donors (Lipinski definition) is 0. The third kappa shape index (κ3) is 23.4. The van der Waals surface area contributed by atoms with Gasteiger partial charge in [0.1, 0.15) is 0 Å². The molecule has 0 N–H and O–H groups in total. The fourth-order valence-electron chi connectivity index (χ4n) is 0. The zero-order chi connectivity index (χ0) is 2.71. The van der Waals surface area contributed by atoms with Crippen LogP contribution in [-0.4, -0.2) is 15.5 Å². The van der Waals surface area contributed by atoms with Crippen LogP contribution in [0, 0.1) is 0 Å². The van der Waals surface area contributed by atoms with Crippen molar-refractivity contribution in [2.45, 2.75) is 0 Å². The predicted molar refractivity (Wildman–Crippen MR) is 18.5 cm³/mol. The monoisotopic (exact) mass is 252 g/mol. The zero-order valence-electron chi connectivity index (χ0n) is 3.16. The van der Waals surface area contributed by atoms with Crippen molar-refractivity contribution in [3.63, 3.8) is 0 Å². The second-order valence-corrected chi connectivity index (χ2v) is 3.73. The van der Waals surface area contributed by atoms with Gasteiger partial charge in [-0.05, 0) is 0 Å². The van der Waals surface area contributed by atoms with Gasteiger partial charge in [-0.2, -0.15) is 0 Å². The molecule has 34 valence electrons. The van der Waals surface area contributed by atoms with Crippen molar-refractivity contribution in [1.29, 1.82) is 0 Å². The van der Waals surface area contributed by atoms with Crippen LogP contribution >= 0.6 is 0 Å². The van der Waals surface area contributed by atoms with Gasteiger partial charge in [0.15, 0.2) is 0 Å². The van der Waals surface area contributed by atoms with E-state index in [1.54, 1.807) is 0 Å². The maximum absolute atomic E-state index is 2.09. The van der Waals surface area contributed by atoms with Gasteiger partial charge in [0.25, 0.3) is 0 Å². The molecule has 0 aliphatic carbocycles. The maximum atomic E-state index is 2.09. The Morgan fingerprint density at radius 2 is 1.60 bits per heavy atom. The van der Waals surface area contributed by atoms with Crippen LogP contribution < -0.4 is 0 Å². The Hall–Kier alpha value is 2.07. The van der Waals surface area contributed by atoms with Gasteiger partial charge in [-0.3, -0.25) is 0 Å². The van der Waals surface area contributed by atoms with E-state index in [0.717, 1.165) is 0 Å². The van der Waals surface area contributed by atoms with Crippen molar-refractivity contribution in [2.75, 3.05) is 0 Å². The summed E-state index contributed by atoms with van der Waals surface area (Å²) in [4.78, 5) is 0. The molecule has 5 heavy (non-hydrogen) atoms. The quantitative estimate of drug-likeness (QED) is 0.433. The number of hydrogen-bond acceptors (Lipinski definition) is 0. The molecular formula is H5BCrCuNbSi. The van der Waals surface area contributed by atoms with E-state index in [1.165, 1.54) is 8.85 Å². The number of rotatable bonds is 0. The third-order valence-corrected chi connectivity index (χ3v) is 0. The molecule has 0 spiro atoms. The first-order valence-electron chi connectivity index (χ1n) is 0.603. The van der Waals surface area contributed by atoms with E-state index in [1.807, 2.05) is 14.1 Å². The molecule has 0 unspecified atom stereocenters. The summed E-state index contributed by atoms with van der Waals surface area (Å²) in [5.41, 5.74) is 0. The first kappa shape index (κ1) is 15.7. The third-order valence-electron chi connectivity index (χ3n) is 0. The smallest absolute Gasteiger partial charge is 0 e. The van der Waals surface area contributed by atoms with Crippen LogP contribution in [0.25, 0.3) is 0 Å². The van der Waals surface area contributed by atoms with Crippen LogP contribution in [0.4, 0.5) is 0 Å². The molecule has 0 nitrogen and oxygen atoms in total. The average molecular weight is 252 g/mol. The molecule has 0 aromatic carbocycles. The topological polar surface area (TPSA) is 0 Å². The Morgan fingerprint density at radius 1 is 1.60 bits per heavy atom. The Balaban J connectivity index is -0.0000000200. The van der Waals surface area contributed by atoms with Crippen LogP contribution in [0.5, 0.6) is 0 Å². The summed E-state index contributed by atoms with van der Waals surface area (Å²) in [6.07, 6.45) is 0. The standard InChI is InChI=1S/BH2.Cr.Cu.Nb.H3Si/h1H2;;;;1H3/q+1;;-1;;. The van der Waals surface area contributed by atoms with E-state index in [0.29, 0.717) is 0 Å². The van der Waals surface area contributed by atoms with Crippen molar-refractivity contribution in [3.8, 4) is 0 Å². The van der Waals surface area contributed by atoms with Crippen molar-refractivity contribution in [3.05, 3.63) is 0 Å². The van der Waals surface area contributed by atoms with Crippen molar-refractivity contribution < 1.29 is 53.9 Å². The molecule has 0 aliphatic rings. The Labute approximate surface area is 68.8 Å². The van der Waals surface area contributed by atoms with Gasteiger partial charge in [0.05, 0.1) is 0 Å². The molecule has 0 amide bonds. The largest absolute Gasteiger partial charge is 0 e. The first-order chi connectivity index (χ1) is 1.41. The van der Waals surface area contributed by atoms with E-state index >= 15 is 0 Å².